The molecule has 17 N–H and O–H groups in total. The van der Waals surface area contributed by atoms with Gasteiger partial charge in [-0.3, -0.25) is 9.59 Å². The summed E-state index contributed by atoms with van der Waals surface area (Å²) in [5, 5.41) is 187. The first-order valence-electron chi connectivity index (χ1n) is 30.4. The summed E-state index contributed by atoms with van der Waals surface area (Å²) in [7, 11) is 0. The van der Waals surface area contributed by atoms with E-state index in [-0.39, 0.29) is 37.0 Å². The Balaban J connectivity index is 0.902. The Kier molecular flexibility index (Phi) is 19.1. The van der Waals surface area contributed by atoms with Gasteiger partial charge in [0, 0.05) is 0 Å². The Morgan fingerprint density at radius 2 is 1.10 bits per heavy atom. The first kappa shape index (κ1) is 67.6. The van der Waals surface area contributed by atoms with Gasteiger partial charge in [0.25, 0.3) is 0 Å². The Morgan fingerprint density at radius 3 is 1.74 bits per heavy atom. The van der Waals surface area contributed by atoms with E-state index in [1.807, 2.05) is 6.92 Å². The molecule has 0 amide bonds. The van der Waals surface area contributed by atoms with Crippen molar-refractivity contribution in [1.29, 1.82) is 0 Å². The van der Waals surface area contributed by atoms with Gasteiger partial charge >= 0.3 is 11.9 Å². The van der Waals surface area contributed by atoms with Crippen LogP contribution in [0.5, 0.6) is 0 Å². The number of ether oxygens (including phenoxy) is 10. The van der Waals surface area contributed by atoms with Crippen LogP contribution in [-0.2, 0) is 57.0 Å². The van der Waals surface area contributed by atoms with Crippen LogP contribution in [0.2, 0.25) is 0 Å². The summed E-state index contributed by atoms with van der Waals surface area (Å²) in [6.45, 7) is 10.4. The molecule has 34 unspecified atom stereocenters. The molecule has 4 saturated carbocycles. The summed E-state index contributed by atoms with van der Waals surface area (Å²) in [4.78, 5) is 29.5. The third kappa shape index (κ3) is 11.0. The minimum Gasteiger partial charge on any atom is -0.481 e. The van der Waals surface area contributed by atoms with Crippen molar-refractivity contribution in [3.63, 3.8) is 0 Å². The Labute approximate surface area is 502 Å². The van der Waals surface area contributed by atoms with Crippen molar-refractivity contribution in [3.8, 4) is 0 Å². The molecule has 10 aliphatic rings. The van der Waals surface area contributed by atoms with Crippen molar-refractivity contribution in [1.82, 2.24) is 0 Å². The number of aliphatic hydroxyl groups is 16. The third-order valence-corrected chi connectivity index (χ3v) is 22.8. The number of esters is 1. The molecule has 5 saturated heterocycles. The molecular formula is C58H92O29. The summed E-state index contributed by atoms with van der Waals surface area (Å²) in [5.41, 5.74) is -5.64. The highest BCUT2D eigenvalue weighted by Gasteiger charge is 2.74. The highest BCUT2D eigenvalue weighted by Crippen LogP contribution is 2.76. The number of carbonyl (C=O) groups excluding carboxylic acids is 1. The average molecular weight is 1250 g/mol. The van der Waals surface area contributed by atoms with Crippen molar-refractivity contribution in [2.75, 3.05) is 26.4 Å². The highest BCUT2D eigenvalue weighted by atomic mass is 16.8. The zero-order valence-electron chi connectivity index (χ0n) is 49.8. The molecule has 5 aliphatic carbocycles. The molecule has 5 heterocycles. The average Bonchev–Trinajstić information content (AvgIpc) is 0.673. The summed E-state index contributed by atoms with van der Waals surface area (Å²) in [6, 6.07) is 0. The van der Waals surface area contributed by atoms with Crippen LogP contribution in [0.3, 0.4) is 0 Å². The lowest BCUT2D eigenvalue weighted by molar-refractivity contribution is -0.373. The van der Waals surface area contributed by atoms with Crippen molar-refractivity contribution in [2.45, 2.75) is 259 Å². The van der Waals surface area contributed by atoms with Crippen LogP contribution < -0.4 is 0 Å². The van der Waals surface area contributed by atoms with E-state index in [0.29, 0.717) is 25.7 Å². The molecule has 29 heteroatoms. The summed E-state index contributed by atoms with van der Waals surface area (Å²) < 4.78 is 58.6. The van der Waals surface area contributed by atoms with Gasteiger partial charge in [-0.15, -0.1) is 0 Å². The van der Waals surface area contributed by atoms with Gasteiger partial charge in [-0.05, 0) is 105 Å². The fourth-order valence-corrected chi connectivity index (χ4v) is 17.5. The van der Waals surface area contributed by atoms with E-state index in [1.54, 1.807) is 0 Å². The van der Waals surface area contributed by atoms with Crippen LogP contribution in [0.25, 0.3) is 0 Å². The molecule has 5 aliphatic heterocycles. The number of aliphatic hydroxyl groups excluding tert-OH is 16. The van der Waals surface area contributed by atoms with Gasteiger partial charge < -0.3 is 134 Å². The quantitative estimate of drug-likeness (QED) is 0.0467. The van der Waals surface area contributed by atoms with E-state index in [1.165, 1.54) is 13.8 Å². The number of fused-ring (bicyclic) bond motifs is 7. The molecule has 498 valence electrons. The number of carbonyl (C=O) groups is 2. The van der Waals surface area contributed by atoms with Crippen LogP contribution in [0.4, 0.5) is 0 Å². The maximum atomic E-state index is 15.5. The fraction of sp³-hybridized carbons (Fsp3) is 0.931. The maximum absolute atomic E-state index is 15.5. The zero-order valence-corrected chi connectivity index (χ0v) is 49.8. The number of aliphatic carboxylic acids is 1. The van der Waals surface area contributed by atoms with E-state index < -0.39 is 237 Å². The van der Waals surface area contributed by atoms with Crippen molar-refractivity contribution >= 4 is 11.9 Å². The third-order valence-electron chi connectivity index (χ3n) is 22.8. The van der Waals surface area contributed by atoms with Crippen molar-refractivity contribution in [2.24, 2.45) is 50.2 Å². The molecule has 34 atom stereocenters. The number of rotatable bonds is 13. The lowest BCUT2D eigenvalue weighted by atomic mass is 9.33. The number of hydrogen-bond acceptors (Lipinski definition) is 28. The lowest BCUT2D eigenvalue weighted by Crippen LogP contribution is -2.71. The molecule has 29 nitrogen and oxygen atoms in total. The van der Waals surface area contributed by atoms with Crippen molar-refractivity contribution < 1.29 is 144 Å². The van der Waals surface area contributed by atoms with Crippen LogP contribution >= 0.6 is 0 Å². The largest absolute Gasteiger partial charge is 0.481 e. The SMILES string of the molecule is CC1OC(OC2C(OC(=O)C34CCC(C)(C)CC3C3=CCC5C6(C)CC(O)C(OC7OC(CO)C(O)C(OC8OC(CO)C(O)C(O)C8O)C7O)C(C)(C(=O)O)C6CCC5(C)C3(C)CC4O)OCC(O)C2O)C(O)C(OC2OCC(O)C(O)C2O)C1O. The van der Waals surface area contributed by atoms with Crippen LogP contribution in [0.15, 0.2) is 11.6 Å². The summed E-state index contributed by atoms with van der Waals surface area (Å²) >= 11 is 0. The first-order chi connectivity index (χ1) is 40.7. The predicted octanol–water partition coefficient (Wildman–Crippen LogP) is -4.90. The van der Waals surface area contributed by atoms with Crippen LogP contribution in [0, 0.1) is 50.2 Å². The molecule has 0 radical (unpaired) electrons. The normalized spacial score (nSPS) is 55.1. The second-order valence-corrected chi connectivity index (χ2v) is 28.2. The fourth-order valence-electron chi connectivity index (χ4n) is 17.5. The number of carboxylic acids is 1. The van der Waals surface area contributed by atoms with Crippen LogP contribution in [0.1, 0.15) is 99.8 Å². The molecule has 0 aromatic carbocycles. The zero-order chi connectivity index (χ0) is 63.7. The molecule has 10 rings (SSSR count). The molecule has 9 fully saturated rings. The monoisotopic (exact) mass is 1250 g/mol. The van der Waals surface area contributed by atoms with Gasteiger partial charge in [0.15, 0.2) is 31.3 Å². The predicted molar refractivity (Wildman–Crippen MR) is 287 cm³/mol. The van der Waals surface area contributed by atoms with Crippen LogP contribution in [-0.4, -0.2) is 285 Å². The van der Waals surface area contributed by atoms with E-state index in [2.05, 4.69) is 33.8 Å². The van der Waals surface area contributed by atoms with Gasteiger partial charge in [-0.2, -0.15) is 0 Å². The standard InChI is InChI=1S/C58H92O29/c1-21-32(65)42(83-46-38(71)33(66)25(62)19-78-46)40(73)48(80-21)85-44-34(67)26(63)20-79-50(44)87-52(77)58-13-12-53(2,3)14-23(58)22-8-9-29-54(4)15-24(61)45(57(7,51(75)76)30(54)10-11-55(29,5)56(22,6)16-31(58)64)86-49-41(74)43(36(69)28(18-60)82-49)84-47-39(72)37(70)35(68)27(17-59)81-47/h8,21,23-50,59-74H,9-20H2,1-7H3,(H,75,76). The second-order valence-electron chi connectivity index (χ2n) is 28.2. The van der Waals surface area contributed by atoms with E-state index in [4.69, 9.17) is 47.4 Å². The van der Waals surface area contributed by atoms with E-state index >= 15 is 4.79 Å². The lowest BCUT2D eigenvalue weighted by Gasteiger charge is -2.71. The molecule has 0 aromatic rings. The smallest absolute Gasteiger partial charge is 0.317 e. The molecule has 0 aromatic heterocycles. The number of hydrogen-bond donors (Lipinski definition) is 17. The van der Waals surface area contributed by atoms with Gasteiger partial charge in [0.2, 0.25) is 6.29 Å². The highest BCUT2D eigenvalue weighted by molar-refractivity contribution is 5.80. The van der Waals surface area contributed by atoms with Gasteiger partial charge in [-0.1, -0.05) is 46.3 Å². The minimum absolute atomic E-state index is 0.0239. The molecule has 0 bridgehead atoms. The van der Waals surface area contributed by atoms with Crippen molar-refractivity contribution in [3.05, 3.63) is 11.6 Å². The summed E-state index contributed by atoms with van der Waals surface area (Å²) in [6.07, 6.45) is -40.1. The molecular weight excluding hydrogens is 1160 g/mol. The van der Waals surface area contributed by atoms with Gasteiger partial charge in [0.1, 0.15) is 109 Å². The van der Waals surface area contributed by atoms with E-state index in [9.17, 15) is 91.6 Å². The minimum atomic E-state index is -2.02. The second kappa shape index (κ2) is 24.5. The Bertz CT molecular complexity index is 2490. The maximum Gasteiger partial charge on any atom is 0.317 e. The number of carboxylic acid groups (broad SMARTS) is 1. The topological polar surface area (TPSA) is 470 Å². The first-order valence-corrected chi connectivity index (χ1v) is 30.4. The molecule has 87 heavy (non-hydrogen) atoms. The number of allylic oxidation sites excluding steroid dienone is 2. The van der Waals surface area contributed by atoms with E-state index in [0.717, 1.165) is 5.57 Å². The Hall–Kier alpha value is -2.32. The Morgan fingerprint density at radius 1 is 0.552 bits per heavy atom. The van der Waals surface area contributed by atoms with Gasteiger partial charge in [0.05, 0.1) is 50.2 Å². The summed E-state index contributed by atoms with van der Waals surface area (Å²) in [5.74, 6) is -4.01. The van der Waals surface area contributed by atoms with Gasteiger partial charge in [-0.25, -0.2) is 0 Å². The molecule has 0 spiro atoms.